The van der Waals surface area contributed by atoms with Crippen molar-refractivity contribution >= 4 is 40.6 Å². The first-order valence-corrected chi connectivity index (χ1v) is 15.2. The van der Waals surface area contributed by atoms with Crippen molar-refractivity contribution in [2.24, 2.45) is 11.8 Å². The number of nitrogens with zero attached hydrogens (tertiary/aromatic N) is 5. The van der Waals surface area contributed by atoms with Crippen LogP contribution in [0, 0.1) is 11.8 Å². The number of aromatic nitrogens is 3. The number of carbonyl (C=O) groups excluding carboxylic acids is 3. The molecule has 11 heteroatoms. The van der Waals surface area contributed by atoms with E-state index in [0.717, 1.165) is 5.52 Å². The lowest BCUT2D eigenvalue weighted by atomic mass is 9.66. The highest BCUT2D eigenvalue weighted by atomic mass is 32.2. The van der Waals surface area contributed by atoms with Crippen LogP contribution < -0.4 is 0 Å². The van der Waals surface area contributed by atoms with Crippen LogP contribution in [-0.2, 0) is 25.8 Å². The fourth-order valence-electron chi connectivity index (χ4n) is 7.33. The number of likely N-dealkylation sites (tertiary alicyclic amines) is 1. The Morgan fingerprint density at radius 2 is 1.91 bits per heavy atom. The first-order chi connectivity index (χ1) is 20.8. The number of rotatable bonds is 11. The summed E-state index contributed by atoms with van der Waals surface area (Å²) in [6.07, 6.45) is 4.37. The van der Waals surface area contributed by atoms with Crippen LogP contribution in [0.3, 0.4) is 0 Å². The molecular formula is C32H35N5O5S. The summed E-state index contributed by atoms with van der Waals surface area (Å²) in [6, 6.07) is 15.0. The van der Waals surface area contributed by atoms with Crippen LogP contribution >= 0.6 is 11.8 Å². The van der Waals surface area contributed by atoms with E-state index in [1.807, 2.05) is 61.5 Å². The van der Waals surface area contributed by atoms with E-state index >= 15 is 0 Å². The van der Waals surface area contributed by atoms with Gasteiger partial charge in [-0.05, 0) is 37.5 Å². The zero-order valence-electron chi connectivity index (χ0n) is 24.0. The lowest BCUT2D eigenvalue weighted by molar-refractivity contribution is -0.155. The second-order valence-corrected chi connectivity index (χ2v) is 13.5. The molecule has 2 amide bonds. The number of hydrogen-bond donors (Lipinski definition) is 1. The molecule has 43 heavy (non-hydrogen) atoms. The molecule has 1 N–H and O–H groups in total. The average Bonchev–Trinajstić information content (AvgIpc) is 3.72. The largest absolute Gasteiger partial charge is 0.461 e. The molecule has 10 nitrogen and oxygen atoms in total. The number of amides is 2. The second kappa shape index (κ2) is 11.3. The Labute approximate surface area is 254 Å². The van der Waals surface area contributed by atoms with E-state index in [1.54, 1.807) is 32.3 Å². The number of para-hydroxylation sites is 1. The molecule has 3 aromatic rings. The van der Waals surface area contributed by atoms with Crippen LogP contribution in [0.2, 0.25) is 0 Å². The molecule has 0 radical (unpaired) electrons. The van der Waals surface area contributed by atoms with E-state index in [-0.39, 0.29) is 38.2 Å². The summed E-state index contributed by atoms with van der Waals surface area (Å²) in [4.78, 5) is 46.2. The van der Waals surface area contributed by atoms with Crippen molar-refractivity contribution in [3.05, 3.63) is 85.5 Å². The molecule has 3 aliphatic rings. The van der Waals surface area contributed by atoms with Gasteiger partial charge in [-0.1, -0.05) is 66.4 Å². The fourth-order valence-corrected chi connectivity index (χ4v) is 9.65. The predicted octanol–water partition coefficient (Wildman–Crippen LogP) is 3.35. The molecule has 2 aromatic carbocycles. The number of ether oxygens (including phenoxy) is 1. The predicted molar refractivity (Wildman–Crippen MR) is 162 cm³/mol. The van der Waals surface area contributed by atoms with Crippen LogP contribution in [-0.4, -0.2) is 83.0 Å². The molecule has 3 fully saturated rings. The number of benzene rings is 2. The van der Waals surface area contributed by atoms with E-state index < -0.39 is 39.4 Å². The number of aliphatic hydroxyl groups excluding tert-OH is 1. The van der Waals surface area contributed by atoms with Crippen molar-refractivity contribution < 1.29 is 24.2 Å². The normalized spacial score (nSPS) is 28.1. The van der Waals surface area contributed by atoms with Gasteiger partial charge in [-0.2, -0.15) is 0 Å². The van der Waals surface area contributed by atoms with Crippen molar-refractivity contribution in [2.75, 3.05) is 19.8 Å². The van der Waals surface area contributed by atoms with Crippen molar-refractivity contribution in [3.8, 4) is 0 Å². The summed E-state index contributed by atoms with van der Waals surface area (Å²) in [6.45, 7) is 9.48. The Bertz CT molecular complexity index is 1580. The molecule has 0 saturated carbocycles. The molecule has 6 atom stereocenters. The van der Waals surface area contributed by atoms with Gasteiger partial charge in [0, 0.05) is 11.3 Å². The number of carbonyl (C=O) groups is 3. The molecule has 3 aliphatic heterocycles. The van der Waals surface area contributed by atoms with Gasteiger partial charge in [0.05, 0.1) is 34.7 Å². The zero-order chi connectivity index (χ0) is 30.4. The van der Waals surface area contributed by atoms with Gasteiger partial charge in [0.2, 0.25) is 11.8 Å². The van der Waals surface area contributed by atoms with Gasteiger partial charge in [0.25, 0.3) is 0 Å². The Kier molecular flexibility index (Phi) is 7.64. The zero-order valence-corrected chi connectivity index (χ0v) is 24.9. The maximum Gasteiger partial charge on any atom is 0.311 e. The van der Waals surface area contributed by atoms with Crippen LogP contribution in [0.5, 0.6) is 0 Å². The van der Waals surface area contributed by atoms with Crippen LogP contribution in [0.1, 0.15) is 31.4 Å². The molecule has 0 aliphatic carbocycles. The minimum absolute atomic E-state index is 0.0400. The highest BCUT2D eigenvalue weighted by molar-refractivity contribution is 8.02. The maximum atomic E-state index is 14.9. The molecule has 6 rings (SSSR count). The number of thioether (sulfide) groups is 1. The van der Waals surface area contributed by atoms with Crippen LogP contribution in [0.15, 0.2) is 79.9 Å². The molecule has 1 spiro atoms. The van der Waals surface area contributed by atoms with Gasteiger partial charge in [0.15, 0.2) is 0 Å². The first kappa shape index (κ1) is 29.1. The van der Waals surface area contributed by atoms with Crippen molar-refractivity contribution in [1.29, 1.82) is 0 Å². The van der Waals surface area contributed by atoms with Gasteiger partial charge < -0.3 is 19.6 Å². The molecular weight excluding hydrogens is 566 g/mol. The van der Waals surface area contributed by atoms with Gasteiger partial charge in [-0.15, -0.1) is 23.4 Å². The third-order valence-corrected chi connectivity index (χ3v) is 11.1. The first-order valence-electron chi connectivity index (χ1n) is 14.4. The van der Waals surface area contributed by atoms with Crippen molar-refractivity contribution in [3.63, 3.8) is 0 Å². The van der Waals surface area contributed by atoms with E-state index in [0.29, 0.717) is 23.9 Å². The van der Waals surface area contributed by atoms with Crippen molar-refractivity contribution in [1.82, 2.24) is 24.8 Å². The summed E-state index contributed by atoms with van der Waals surface area (Å²) in [7, 11) is 0. The minimum Gasteiger partial charge on any atom is -0.461 e. The summed E-state index contributed by atoms with van der Waals surface area (Å²) in [5, 5.41) is 19.3. The fraction of sp³-hybridized carbons (Fsp3) is 0.406. The summed E-state index contributed by atoms with van der Waals surface area (Å²) < 4.78 is 5.73. The molecule has 2 bridgehead atoms. The van der Waals surface area contributed by atoms with Crippen LogP contribution in [0.25, 0.3) is 11.0 Å². The molecule has 4 heterocycles. The smallest absolute Gasteiger partial charge is 0.311 e. The third-order valence-electron chi connectivity index (χ3n) is 9.12. The Morgan fingerprint density at radius 1 is 1.16 bits per heavy atom. The Morgan fingerprint density at radius 3 is 2.63 bits per heavy atom. The summed E-state index contributed by atoms with van der Waals surface area (Å²) >= 11 is 1.56. The van der Waals surface area contributed by atoms with Crippen LogP contribution in [0.4, 0.5) is 0 Å². The molecule has 1 aromatic heterocycles. The monoisotopic (exact) mass is 601 g/mol. The maximum absolute atomic E-state index is 14.9. The van der Waals surface area contributed by atoms with E-state index in [9.17, 15) is 19.5 Å². The van der Waals surface area contributed by atoms with Gasteiger partial charge in [0.1, 0.15) is 24.8 Å². The Balaban J connectivity index is 1.45. The number of aliphatic hydroxyl groups is 1. The number of hydrogen-bond acceptors (Lipinski definition) is 8. The summed E-state index contributed by atoms with van der Waals surface area (Å²) in [5.41, 5.74) is 2.18. The van der Waals surface area contributed by atoms with E-state index in [4.69, 9.17) is 4.74 Å². The van der Waals surface area contributed by atoms with Gasteiger partial charge in [-0.25, -0.2) is 4.68 Å². The number of esters is 1. The summed E-state index contributed by atoms with van der Waals surface area (Å²) in [5.74, 6) is -2.58. The van der Waals surface area contributed by atoms with E-state index in [1.165, 1.54) is 6.08 Å². The van der Waals surface area contributed by atoms with E-state index in [2.05, 4.69) is 23.5 Å². The third kappa shape index (κ3) is 4.56. The standard InChI is InChI=1S/C32H35N5O5S/c1-4-17-35(20-36-23-14-10-9-13-22(23)33-34-36)29(40)27-32-16-15-31(3,43-32)26(30(41)42-18-5-2)25(32)28(39)37(27)24(19-38)21-11-7-6-8-12-21/h4-14,24-27,38H,1-2,15-20H2,3H3/t24-,25+,26-,27?,31+,32?/m1/s1. The lowest BCUT2D eigenvalue weighted by Gasteiger charge is -2.39. The van der Waals surface area contributed by atoms with Crippen molar-refractivity contribution in [2.45, 2.75) is 48.0 Å². The SMILES string of the molecule is C=CCOC(=O)[C@H]1[C@H]2C(=O)N([C@H](CO)c3ccccc3)C(C(=O)N(CC=C)Cn3nnc4ccccc43)C23CC[C@]1(C)S3. The number of fused-ring (bicyclic) bond motifs is 2. The van der Waals surface area contributed by atoms with Gasteiger partial charge >= 0.3 is 5.97 Å². The topological polar surface area (TPSA) is 118 Å². The minimum atomic E-state index is -0.943. The molecule has 2 unspecified atom stereocenters. The quantitative estimate of drug-likeness (QED) is 0.263. The van der Waals surface area contributed by atoms with Gasteiger partial charge in [-0.3, -0.25) is 14.4 Å². The average molecular weight is 602 g/mol. The lowest BCUT2D eigenvalue weighted by Crippen LogP contribution is -2.55. The molecule has 3 saturated heterocycles. The molecule has 224 valence electrons. The highest BCUT2D eigenvalue weighted by Gasteiger charge is 2.78. The Hall–Kier alpha value is -3.96. The highest BCUT2D eigenvalue weighted by Crippen LogP contribution is 2.72. The second-order valence-electron chi connectivity index (χ2n) is 11.6.